The van der Waals surface area contributed by atoms with Crippen LogP contribution in [0.25, 0.3) is 0 Å². The lowest BCUT2D eigenvalue weighted by Crippen LogP contribution is -2.26. The summed E-state index contributed by atoms with van der Waals surface area (Å²) in [5, 5.41) is 11.8. The third-order valence-electron chi connectivity index (χ3n) is 3.78. The zero-order valence-electron chi connectivity index (χ0n) is 11.8. The maximum absolute atomic E-state index is 12.3. The molecule has 0 aliphatic heterocycles. The highest BCUT2D eigenvalue weighted by atomic mass is 35.5. The highest BCUT2D eigenvalue weighted by Crippen LogP contribution is 2.29. The van der Waals surface area contributed by atoms with Crippen molar-refractivity contribution in [3.05, 3.63) is 35.1 Å². The Labute approximate surface area is 133 Å². The molecule has 1 aliphatic carbocycles. The number of benzene rings is 1. The third-order valence-corrected chi connectivity index (χ3v) is 5.68. The first-order chi connectivity index (χ1) is 10.6. The number of sulfonamides is 1. The van der Waals surface area contributed by atoms with Crippen LogP contribution in [-0.4, -0.2) is 28.6 Å². The number of aromatic nitrogens is 4. The van der Waals surface area contributed by atoms with Crippen molar-refractivity contribution in [2.45, 2.75) is 43.2 Å². The summed E-state index contributed by atoms with van der Waals surface area (Å²) >= 11 is 5.94. The molecule has 118 valence electrons. The minimum absolute atomic E-state index is 0.0387. The van der Waals surface area contributed by atoms with E-state index in [-0.39, 0.29) is 22.5 Å². The lowest BCUT2D eigenvalue weighted by molar-refractivity contribution is 0.435. The second-order valence-corrected chi connectivity index (χ2v) is 7.38. The molecule has 1 saturated carbocycles. The van der Waals surface area contributed by atoms with Gasteiger partial charge in [-0.05, 0) is 35.4 Å². The van der Waals surface area contributed by atoms with E-state index in [1.165, 1.54) is 6.07 Å². The van der Waals surface area contributed by atoms with E-state index in [2.05, 4.69) is 20.2 Å². The summed E-state index contributed by atoms with van der Waals surface area (Å²) in [7, 11) is -3.70. The molecule has 1 N–H and O–H groups in total. The summed E-state index contributed by atoms with van der Waals surface area (Å²) in [6.07, 6.45) is 4.34. The predicted molar refractivity (Wildman–Crippen MR) is 80.8 cm³/mol. The quantitative estimate of drug-likeness (QED) is 0.897. The molecular formula is C13H16ClN5O2S. The maximum atomic E-state index is 12.3. The van der Waals surface area contributed by atoms with Gasteiger partial charge in [-0.1, -0.05) is 36.6 Å². The van der Waals surface area contributed by atoms with Gasteiger partial charge in [0, 0.05) is 0 Å². The van der Waals surface area contributed by atoms with Gasteiger partial charge in [-0.25, -0.2) is 17.8 Å². The van der Waals surface area contributed by atoms with E-state index in [4.69, 9.17) is 11.6 Å². The number of hydrogen-bond donors (Lipinski definition) is 1. The molecule has 22 heavy (non-hydrogen) atoms. The zero-order valence-corrected chi connectivity index (χ0v) is 13.4. The Bertz CT molecular complexity index is 755. The van der Waals surface area contributed by atoms with Gasteiger partial charge < -0.3 is 0 Å². The number of rotatable bonds is 5. The van der Waals surface area contributed by atoms with Crippen LogP contribution in [0.15, 0.2) is 29.2 Å². The maximum Gasteiger partial charge on any atom is 0.242 e. The molecule has 1 heterocycles. The van der Waals surface area contributed by atoms with E-state index >= 15 is 0 Å². The molecule has 7 nitrogen and oxygen atoms in total. The molecule has 9 heteroatoms. The normalized spacial score (nSPS) is 16.2. The van der Waals surface area contributed by atoms with Crippen LogP contribution in [0.3, 0.4) is 0 Å². The summed E-state index contributed by atoms with van der Waals surface area (Å²) in [5.41, 5.74) is 0. The monoisotopic (exact) mass is 341 g/mol. The van der Waals surface area contributed by atoms with Gasteiger partial charge in [-0.15, -0.1) is 5.10 Å². The average molecular weight is 342 g/mol. The van der Waals surface area contributed by atoms with E-state index in [1.807, 2.05) is 0 Å². The van der Waals surface area contributed by atoms with Crippen LogP contribution in [0, 0.1) is 0 Å². The summed E-state index contributed by atoms with van der Waals surface area (Å²) < 4.78 is 28.8. The summed E-state index contributed by atoms with van der Waals surface area (Å²) in [4.78, 5) is 0.0524. The first-order valence-corrected chi connectivity index (χ1v) is 8.95. The summed E-state index contributed by atoms with van der Waals surface area (Å²) in [5.74, 6) is 0.516. The van der Waals surface area contributed by atoms with E-state index in [1.54, 1.807) is 22.9 Å². The Morgan fingerprint density at radius 2 is 2.00 bits per heavy atom. The summed E-state index contributed by atoms with van der Waals surface area (Å²) in [6.45, 7) is 0.0387. The lowest BCUT2D eigenvalue weighted by atomic mass is 10.2. The molecule has 0 spiro atoms. The Kier molecular flexibility index (Phi) is 4.42. The van der Waals surface area contributed by atoms with Crippen molar-refractivity contribution in [2.24, 2.45) is 0 Å². The average Bonchev–Trinajstić information content (AvgIpc) is 3.16. The molecular weight excluding hydrogens is 326 g/mol. The molecule has 1 fully saturated rings. The van der Waals surface area contributed by atoms with Crippen molar-refractivity contribution in [3.63, 3.8) is 0 Å². The Morgan fingerprint density at radius 1 is 1.27 bits per heavy atom. The first kappa shape index (κ1) is 15.4. The van der Waals surface area contributed by atoms with Gasteiger partial charge >= 0.3 is 0 Å². The molecule has 0 bridgehead atoms. The fraction of sp³-hybridized carbons (Fsp3) is 0.462. The van der Waals surface area contributed by atoms with Gasteiger partial charge in [0.15, 0.2) is 5.82 Å². The number of tetrazole rings is 1. The van der Waals surface area contributed by atoms with Crippen LogP contribution in [0.4, 0.5) is 0 Å². The van der Waals surface area contributed by atoms with Gasteiger partial charge in [0.1, 0.15) is 4.90 Å². The summed E-state index contributed by atoms with van der Waals surface area (Å²) in [6, 6.07) is 6.57. The molecule has 1 aliphatic rings. The number of halogens is 1. The molecule has 0 saturated heterocycles. The van der Waals surface area contributed by atoms with Crippen LogP contribution in [0.1, 0.15) is 37.5 Å². The van der Waals surface area contributed by atoms with Gasteiger partial charge in [-0.2, -0.15) is 0 Å². The van der Waals surface area contributed by atoms with Crippen molar-refractivity contribution in [2.75, 3.05) is 0 Å². The van der Waals surface area contributed by atoms with Crippen LogP contribution in [-0.2, 0) is 16.6 Å². The van der Waals surface area contributed by atoms with Crippen molar-refractivity contribution < 1.29 is 8.42 Å². The topological polar surface area (TPSA) is 89.8 Å². The Balaban J connectivity index is 1.75. The van der Waals surface area contributed by atoms with Gasteiger partial charge in [-0.3, -0.25) is 0 Å². The SMILES string of the molecule is O=S(=O)(NCc1nnnn1C1CCCC1)c1ccccc1Cl. The highest BCUT2D eigenvalue weighted by molar-refractivity contribution is 7.89. The molecule has 0 unspecified atom stereocenters. The first-order valence-electron chi connectivity index (χ1n) is 7.09. The van der Waals surface area contributed by atoms with Gasteiger partial charge in [0.25, 0.3) is 0 Å². The number of hydrogen-bond acceptors (Lipinski definition) is 5. The highest BCUT2D eigenvalue weighted by Gasteiger charge is 2.23. The second kappa shape index (κ2) is 6.31. The third kappa shape index (κ3) is 3.13. The molecule has 0 amide bonds. The molecule has 0 atom stereocenters. The van der Waals surface area contributed by atoms with Crippen molar-refractivity contribution in [1.29, 1.82) is 0 Å². The van der Waals surface area contributed by atoms with Crippen LogP contribution in [0.5, 0.6) is 0 Å². The van der Waals surface area contributed by atoms with E-state index < -0.39 is 10.0 Å². The standard InChI is InChI=1S/C13H16ClN5O2S/c14-11-7-3-4-8-12(11)22(20,21)15-9-13-16-17-18-19(13)10-5-1-2-6-10/h3-4,7-8,10,15H,1-2,5-6,9H2. The Hall–Kier alpha value is -1.51. The smallest absolute Gasteiger partial charge is 0.225 e. The molecule has 1 aromatic heterocycles. The predicted octanol–water partition coefficient (Wildman–Crippen LogP) is 1.92. The second-order valence-electron chi connectivity index (χ2n) is 5.23. The van der Waals surface area contributed by atoms with Gasteiger partial charge in [0.2, 0.25) is 10.0 Å². The van der Waals surface area contributed by atoms with Crippen LogP contribution in [0.2, 0.25) is 5.02 Å². The van der Waals surface area contributed by atoms with Crippen molar-refractivity contribution in [1.82, 2.24) is 24.9 Å². The lowest BCUT2D eigenvalue weighted by Gasteiger charge is -2.12. The molecule has 1 aromatic carbocycles. The molecule has 0 radical (unpaired) electrons. The fourth-order valence-corrected chi connectivity index (χ4v) is 4.16. The number of nitrogens with zero attached hydrogens (tertiary/aromatic N) is 4. The Morgan fingerprint density at radius 3 is 2.73 bits per heavy atom. The minimum atomic E-state index is -3.70. The van der Waals surface area contributed by atoms with E-state index in [9.17, 15) is 8.42 Å². The van der Waals surface area contributed by atoms with E-state index in [0.29, 0.717) is 5.82 Å². The minimum Gasteiger partial charge on any atom is -0.225 e. The molecule has 3 rings (SSSR count). The largest absolute Gasteiger partial charge is 0.242 e. The van der Waals surface area contributed by atoms with E-state index in [0.717, 1.165) is 25.7 Å². The van der Waals surface area contributed by atoms with Gasteiger partial charge in [0.05, 0.1) is 17.6 Å². The number of nitrogens with one attached hydrogen (secondary N) is 1. The van der Waals surface area contributed by atoms with Crippen LogP contribution < -0.4 is 4.72 Å². The zero-order chi connectivity index (χ0) is 15.6. The molecule has 2 aromatic rings. The van der Waals surface area contributed by atoms with Crippen molar-refractivity contribution in [3.8, 4) is 0 Å². The van der Waals surface area contributed by atoms with Crippen molar-refractivity contribution >= 4 is 21.6 Å². The van der Waals surface area contributed by atoms with Crippen LogP contribution >= 0.6 is 11.6 Å². The fourth-order valence-electron chi connectivity index (χ4n) is 2.66.